The van der Waals surface area contributed by atoms with Gasteiger partial charge in [0.1, 0.15) is 0 Å². The third kappa shape index (κ3) is 2.22. The van der Waals surface area contributed by atoms with Crippen LogP contribution in [0.3, 0.4) is 0 Å². The van der Waals surface area contributed by atoms with E-state index in [1.54, 1.807) is 0 Å². The molecule has 0 bridgehead atoms. The Kier molecular flexibility index (Phi) is 3.49. The molecule has 0 aliphatic carbocycles. The Morgan fingerprint density at radius 2 is 2.12 bits per heavy atom. The van der Waals surface area contributed by atoms with Crippen LogP contribution in [0.5, 0.6) is 0 Å². The summed E-state index contributed by atoms with van der Waals surface area (Å²) in [5.74, 6) is 1.14. The molecular weight excluding hydrogens is 222 g/mol. The van der Waals surface area contributed by atoms with Crippen molar-refractivity contribution in [3.63, 3.8) is 0 Å². The smallest absolute Gasteiger partial charge is 0.227 e. The van der Waals surface area contributed by atoms with Crippen molar-refractivity contribution < 1.29 is 4.79 Å². The summed E-state index contributed by atoms with van der Waals surface area (Å²) in [5.41, 5.74) is 2.33. The molecule has 3 heteroatoms. The second-order valence-electron chi connectivity index (χ2n) is 4.39. The first-order valence-electron chi connectivity index (χ1n) is 5.66. The van der Waals surface area contributed by atoms with Crippen LogP contribution in [-0.4, -0.2) is 18.3 Å². The lowest BCUT2D eigenvalue weighted by Gasteiger charge is -2.31. The van der Waals surface area contributed by atoms with Gasteiger partial charge in [-0.25, -0.2) is 0 Å². The van der Waals surface area contributed by atoms with Crippen LogP contribution in [0.4, 0.5) is 5.69 Å². The Labute approximate surface area is 101 Å². The van der Waals surface area contributed by atoms with Crippen molar-refractivity contribution in [3.8, 4) is 0 Å². The molecule has 0 aromatic heterocycles. The Balaban J connectivity index is 2.26. The molecule has 2 nitrogen and oxygen atoms in total. The maximum atomic E-state index is 11.9. The molecule has 0 N–H and O–H groups in total. The molecular formula is C13H16ClNO. The van der Waals surface area contributed by atoms with Crippen LogP contribution >= 0.6 is 11.6 Å². The van der Waals surface area contributed by atoms with Crippen molar-refractivity contribution in [3.05, 3.63) is 29.8 Å². The van der Waals surface area contributed by atoms with E-state index in [0.717, 1.165) is 18.7 Å². The average Bonchev–Trinajstić information content (AvgIpc) is 2.32. The van der Waals surface area contributed by atoms with E-state index in [1.807, 2.05) is 23.1 Å². The van der Waals surface area contributed by atoms with Crippen LogP contribution in [0.1, 0.15) is 18.9 Å². The number of carbonyl (C=O) groups is 1. The molecule has 1 atom stereocenters. The highest BCUT2D eigenvalue weighted by Crippen LogP contribution is 2.28. The van der Waals surface area contributed by atoms with Crippen LogP contribution < -0.4 is 4.90 Å². The van der Waals surface area contributed by atoms with Gasteiger partial charge in [0.15, 0.2) is 0 Å². The van der Waals surface area contributed by atoms with Gasteiger partial charge in [0, 0.05) is 24.5 Å². The normalized spacial score (nSPS) is 17.1. The van der Waals surface area contributed by atoms with Crippen LogP contribution in [0, 0.1) is 5.92 Å². The van der Waals surface area contributed by atoms with E-state index >= 15 is 0 Å². The number of carbonyl (C=O) groups excluding carboxylic acids is 1. The molecule has 16 heavy (non-hydrogen) atoms. The van der Waals surface area contributed by atoms with E-state index in [-0.39, 0.29) is 5.91 Å². The first kappa shape index (κ1) is 11.5. The van der Waals surface area contributed by atoms with Gasteiger partial charge in [-0.3, -0.25) is 4.79 Å². The molecule has 0 saturated heterocycles. The summed E-state index contributed by atoms with van der Waals surface area (Å²) in [5, 5.41) is 0. The van der Waals surface area contributed by atoms with Gasteiger partial charge in [0.25, 0.3) is 0 Å². The fourth-order valence-electron chi connectivity index (χ4n) is 2.06. The highest BCUT2D eigenvalue weighted by molar-refractivity contribution is 6.18. The lowest BCUT2D eigenvalue weighted by Crippen LogP contribution is -2.38. The molecule has 0 radical (unpaired) electrons. The van der Waals surface area contributed by atoms with Crippen molar-refractivity contribution in [1.82, 2.24) is 0 Å². The van der Waals surface area contributed by atoms with Crippen molar-refractivity contribution in [2.24, 2.45) is 5.92 Å². The summed E-state index contributed by atoms with van der Waals surface area (Å²) in [7, 11) is 0. The zero-order valence-electron chi connectivity index (χ0n) is 9.45. The minimum atomic E-state index is 0.218. The minimum Gasteiger partial charge on any atom is -0.312 e. The van der Waals surface area contributed by atoms with E-state index in [1.165, 1.54) is 5.56 Å². The molecule has 0 fully saturated rings. The number of hydrogen-bond donors (Lipinski definition) is 0. The van der Waals surface area contributed by atoms with Gasteiger partial charge in [0.05, 0.1) is 0 Å². The third-order valence-electron chi connectivity index (χ3n) is 2.95. The van der Waals surface area contributed by atoms with E-state index in [0.29, 0.717) is 18.2 Å². The number of hydrogen-bond acceptors (Lipinski definition) is 1. The summed E-state index contributed by atoms with van der Waals surface area (Å²) >= 11 is 5.81. The Morgan fingerprint density at radius 3 is 2.88 bits per heavy atom. The number of para-hydroxylation sites is 1. The number of halogens is 1. The molecule has 2 rings (SSSR count). The second-order valence-corrected chi connectivity index (χ2v) is 4.70. The number of fused-ring (bicyclic) bond motifs is 1. The van der Waals surface area contributed by atoms with E-state index in [4.69, 9.17) is 11.6 Å². The quantitative estimate of drug-likeness (QED) is 0.741. The number of benzene rings is 1. The Hall–Kier alpha value is -1.02. The summed E-state index contributed by atoms with van der Waals surface area (Å²) in [6.07, 6.45) is 1.48. The highest BCUT2D eigenvalue weighted by atomic mass is 35.5. The van der Waals surface area contributed by atoms with Crippen molar-refractivity contribution >= 4 is 23.2 Å². The second kappa shape index (κ2) is 4.88. The van der Waals surface area contributed by atoms with Crippen molar-refractivity contribution in [2.45, 2.75) is 19.8 Å². The molecule has 1 aromatic rings. The lowest BCUT2D eigenvalue weighted by atomic mass is 10.00. The fraction of sp³-hybridized carbons (Fsp3) is 0.462. The molecule has 1 unspecified atom stereocenters. The number of rotatable bonds is 3. The monoisotopic (exact) mass is 237 g/mol. The summed E-state index contributed by atoms with van der Waals surface area (Å²) < 4.78 is 0. The van der Waals surface area contributed by atoms with Crippen molar-refractivity contribution in [1.29, 1.82) is 0 Å². The highest BCUT2D eigenvalue weighted by Gasteiger charge is 2.24. The summed E-state index contributed by atoms with van der Waals surface area (Å²) in [4.78, 5) is 13.8. The van der Waals surface area contributed by atoms with Crippen LogP contribution in [0.2, 0.25) is 0 Å². The van der Waals surface area contributed by atoms with Crippen LogP contribution in [0.15, 0.2) is 24.3 Å². The molecule has 0 spiro atoms. The van der Waals surface area contributed by atoms with Crippen LogP contribution in [0.25, 0.3) is 0 Å². The maximum Gasteiger partial charge on any atom is 0.227 e. The standard InChI is InChI=1S/C13H16ClNO/c1-10(8-14)9-15-12-5-3-2-4-11(12)6-7-13(15)16/h2-5,10H,6-9H2,1H3. The number of aryl methyl sites for hydroxylation is 1. The zero-order valence-corrected chi connectivity index (χ0v) is 10.2. The molecule has 1 aromatic carbocycles. The van der Waals surface area contributed by atoms with Gasteiger partial charge < -0.3 is 4.90 Å². The van der Waals surface area contributed by atoms with E-state index in [9.17, 15) is 4.79 Å². The average molecular weight is 238 g/mol. The van der Waals surface area contributed by atoms with Gasteiger partial charge in [-0.15, -0.1) is 11.6 Å². The Morgan fingerprint density at radius 1 is 1.38 bits per heavy atom. The van der Waals surface area contributed by atoms with Gasteiger partial charge in [0.2, 0.25) is 5.91 Å². The largest absolute Gasteiger partial charge is 0.312 e. The van der Waals surface area contributed by atoms with Gasteiger partial charge in [-0.2, -0.15) is 0 Å². The number of anilines is 1. The molecule has 86 valence electrons. The molecule has 1 heterocycles. The van der Waals surface area contributed by atoms with Gasteiger partial charge in [-0.1, -0.05) is 25.1 Å². The molecule has 1 aliphatic heterocycles. The first-order chi connectivity index (χ1) is 7.72. The molecule has 1 aliphatic rings. The van der Waals surface area contributed by atoms with Gasteiger partial charge in [-0.05, 0) is 24.0 Å². The first-order valence-corrected chi connectivity index (χ1v) is 6.20. The van der Waals surface area contributed by atoms with Crippen molar-refractivity contribution in [2.75, 3.05) is 17.3 Å². The van der Waals surface area contributed by atoms with E-state index in [2.05, 4.69) is 13.0 Å². The van der Waals surface area contributed by atoms with E-state index < -0.39 is 0 Å². The SMILES string of the molecule is CC(CCl)CN1C(=O)CCc2ccccc21. The Bertz CT molecular complexity index is 391. The zero-order chi connectivity index (χ0) is 11.5. The minimum absolute atomic E-state index is 0.218. The topological polar surface area (TPSA) is 20.3 Å². The number of amides is 1. The molecule has 1 amide bonds. The number of nitrogens with zero attached hydrogens (tertiary/aromatic N) is 1. The third-order valence-corrected chi connectivity index (χ3v) is 3.48. The predicted molar refractivity (Wildman–Crippen MR) is 67.0 cm³/mol. The van der Waals surface area contributed by atoms with Crippen LogP contribution in [-0.2, 0) is 11.2 Å². The summed E-state index contributed by atoms with van der Waals surface area (Å²) in [6, 6.07) is 8.13. The lowest BCUT2D eigenvalue weighted by molar-refractivity contribution is -0.119. The number of alkyl halides is 1. The van der Waals surface area contributed by atoms with Gasteiger partial charge >= 0.3 is 0 Å². The maximum absolute atomic E-state index is 11.9. The molecule has 0 saturated carbocycles. The summed E-state index contributed by atoms with van der Waals surface area (Å²) in [6.45, 7) is 2.79. The predicted octanol–water partition coefficient (Wildman–Crippen LogP) is 2.84. The fourth-order valence-corrected chi connectivity index (χ4v) is 2.15.